The molecule has 3 N–H and O–H groups in total. The average Bonchev–Trinajstić information content (AvgIpc) is 3.25. The Bertz CT molecular complexity index is 819. The summed E-state index contributed by atoms with van der Waals surface area (Å²) < 4.78 is 0. The van der Waals surface area contributed by atoms with E-state index in [1.54, 1.807) is 6.92 Å². The van der Waals surface area contributed by atoms with Gasteiger partial charge in [0.15, 0.2) is 0 Å². The predicted octanol–water partition coefficient (Wildman–Crippen LogP) is 1.03. The Hall–Kier alpha value is -2.77. The Morgan fingerprint density at radius 1 is 1.36 bits per heavy atom. The molecule has 1 unspecified atom stereocenters. The SMILES string of the molecule is C[C@@]1(C(=O)NC2CCCc3cc(-c4nn[nH]n4)ccc32)CCC(=O)N1. The first kappa shape index (κ1) is 15.7. The maximum absolute atomic E-state index is 12.7. The maximum atomic E-state index is 12.7. The van der Waals surface area contributed by atoms with Gasteiger partial charge in [-0.05, 0) is 55.0 Å². The van der Waals surface area contributed by atoms with E-state index >= 15 is 0 Å². The van der Waals surface area contributed by atoms with Crippen molar-refractivity contribution in [1.29, 1.82) is 0 Å². The zero-order valence-corrected chi connectivity index (χ0v) is 14.0. The van der Waals surface area contributed by atoms with Gasteiger partial charge in [-0.3, -0.25) is 9.59 Å². The lowest BCUT2D eigenvalue weighted by Crippen LogP contribution is -2.53. The molecular weight excluding hydrogens is 320 g/mol. The predicted molar refractivity (Wildman–Crippen MR) is 89.2 cm³/mol. The van der Waals surface area contributed by atoms with Crippen LogP contribution >= 0.6 is 0 Å². The second-order valence-electron chi connectivity index (χ2n) is 6.95. The zero-order valence-electron chi connectivity index (χ0n) is 14.0. The lowest BCUT2D eigenvalue weighted by atomic mass is 9.86. The quantitative estimate of drug-likeness (QED) is 0.772. The summed E-state index contributed by atoms with van der Waals surface area (Å²) in [7, 11) is 0. The normalized spacial score (nSPS) is 25.3. The molecule has 8 heteroatoms. The highest BCUT2D eigenvalue weighted by molar-refractivity contribution is 5.94. The van der Waals surface area contributed by atoms with Crippen molar-refractivity contribution >= 4 is 11.8 Å². The van der Waals surface area contributed by atoms with Crippen LogP contribution in [0.4, 0.5) is 0 Å². The lowest BCUT2D eigenvalue weighted by Gasteiger charge is -2.31. The molecule has 1 aliphatic heterocycles. The standard InChI is InChI=1S/C17H20N6O2/c1-17(8-7-14(24)19-17)16(25)18-13-4-2-3-10-9-11(5-6-12(10)13)15-20-22-23-21-15/h5-6,9,13H,2-4,7-8H2,1H3,(H,18,25)(H,19,24)(H,20,21,22,23)/t13?,17-/m0/s1. The molecule has 2 aromatic rings. The van der Waals surface area contributed by atoms with Gasteiger partial charge in [-0.15, -0.1) is 10.2 Å². The van der Waals surface area contributed by atoms with Crippen molar-refractivity contribution in [3.05, 3.63) is 29.3 Å². The number of aromatic amines is 1. The molecule has 8 nitrogen and oxygen atoms in total. The van der Waals surface area contributed by atoms with Crippen molar-refractivity contribution in [2.45, 2.75) is 50.6 Å². The molecule has 25 heavy (non-hydrogen) atoms. The number of amides is 2. The molecule has 0 radical (unpaired) electrons. The van der Waals surface area contributed by atoms with Crippen molar-refractivity contribution in [3.63, 3.8) is 0 Å². The topological polar surface area (TPSA) is 113 Å². The van der Waals surface area contributed by atoms with Gasteiger partial charge >= 0.3 is 0 Å². The van der Waals surface area contributed by atoms with Crippen LogP contribution in [0, 0.1) is 0 Å². The summed E-state index contributed by atoms with van der Waals surface area (Å²) in [6.07, 6.45) is 3.79. The van der Waals surface area contributed by atoms with Crippen LogP contribution in [0.15, 0.2) is 18.2 Å². The molecule has 2 atom stereocenters. The molecule has 1 aliphatic carbocycles. The number of carbonyl (C=O) groups is 2. The van der Waals surface area contributed by atoms with E-state index < -0.39 is 5.54 Å². The largest absolute Gasteiger partial charge is 0.347 e. The number of aryl methyl sites for hydroxylation is 1. The van der Waals surface area contributed by atoms with Crippen LogP contribution < -0.4 is 10.6 Å². The van der Waals surface area contributed by atoms with Gasteiger partial charge in [0.05, 0.1) is 6.04 Å². The van der Waals surface area contributed by atoms with Crippen LogP contribution in [0.5, 0.6) is 0 Å². The molecule has 1 fully saturated rings. The third-order valence-electron chi connectivity index (χ3n) is 5.13. The van der Waals surface area contributed by atoms with E-state index in [9.17, 15) is 9.59 Å². The van der Waals surface area contributed by atoms with Crippen molar-refractivity contribution in [2.75, 3.05) is 0 Å². The molecule has 0 bridgehead atoms. The highest BCUT2D eigenvalue weighted by Crippen LogP contribution is 2.33. The lowest BCUT2D eigenvalue weighted by molar-refractivity contribution is -0.130. The summed E-state index contributed by atoms with van der Waals surface area (Å²) in [4.78, 5) is 24.2. The molecule has 0 spiro atoms. The second kappa shape index (κ2) is 5.94. The van der Waals surface area contributed by atoms with Crippen molar-refractivity contribution < 1.29 is 9.59 Å². The smallest absolute Gasteiger partial charge is 0.245 e. The van der Waals surface area contributed by atoms with Gasteiger partial charge in [0.1, 0.15) is 5.54 Å². The number of hydrogen-bond acceptors (Lipinski definition) is 5. The molecule has 1 aromatic heterocycles. The van der Waals surface area contributed by atoms with Crippen LogP contribution in [0.1, 0.15) is 49.8 Å². The minimum absolute atomic E-state index is 0.0371. The van der Waals surface area contributed by atoms with Crippen molar-refractivity contribution in [2.24, 2.45) is 0 Å². The monoisotopic (exact) mass is 340 g/mol. The Balaban J connectivity index is 1.55. The number of nitrogens with one attached hydrogen (secondary N) is 3. The van der Waals surface area contributed by atoms with Gasteiger partial charge in [0.25, 0.3) is 0 Å². The van der Waals surface area contributed by atoms with Crippen LogP contribution in [0.25, 0.3) is 11.4 Å². The third-order valence-corrected chi connectivity index (χ3v) is 5.13. The van der Waals surface area contributed by atoms with Crippen LogP contribution in [0.2, 0.25) is 0 Å². The van der Waals surface area contributed by atoms with Gasteiger partial charge in [-0.25, -0.2) is 0 Å². The number of hydrogen-bond donors (Lipinski definition) is 3. The molecule has 130 valence electrons. The number of benzene rings is 1. The fourth-order valence-corrected chi connectivity index (χ4v) is 3.67. The number of aromatic nitrogens is 4. The van der Waals surface area contributed by atoms with Gasteiger partial charge in [-0.2, -0.15) is 5.21 Å². The maximum Gasteiger partial charge on any atom is 0.245 e. The number of nitrogens with zero attached hydrogens (tertiary/aromatic N) is 3. The third kappa shape index (κ3) is 2.88. The highest BCUT2D eigenvalue weighted by atomic mass is 16.2. The highest BCUT2D eigenvalue weighted by Gasteiger charge is 2.41. The van der Waals surface area contributed by atoms with Gasteiger partial charge in [0.2, 0.25) is 17.6 Å². The molecular formula is C17H20N6O2. The fourth-order valence-electron chi connectivity index (χ4n) is 3.67. The minimum atomic E-state index is -0.806. The summed E-state index contributed by atoms with van der Waals surface area (Å²) in [5, 5.41) is 20.0. The summed E-state index contributed by atoms with van der Waals surface area (Å²) in [6.45, 7) is 1.79. The number of tetrazole rings is 1. The van der Waals surface area contributed by atoms with Gasteiger partial charge in [-0.1, -0.05) is 12.1 Å². The molecule has 0 saturated carbocycles. The molecule has 2 aliphatic rings. The van der Waals surface area contributed by atoms with Crippen LogP contribution in [-0.2, 0) is 16.0 Å². The first-order valence-electron chi connectivity index (χ1n) is 8.54. The van der Waals surface area contributed by atoms with E-state index in [0.717, 1.165) is 30.4 Å². The number of carbonyl (C=O) groups excluding carboxylic acids is 2. The molecule has 2 amide bonds. The van der Waals surface area contributed by atoms with E-state index in [1.807, 2.05) is 12.1 Å². The fraction of sp³-hybridized carbons (Fsp3) is 0.471. The molecule has 1 saturated heterocycles. The van der Waals surface area contributed by atoms with Gasteiger partial charge < -0.3 is 10.6 Å². The van der Waals surface area contributed by atoms with Crippen LogP contribution in [-0.4, -0.2) is 38.0 Å². The Labute approximate surface area is 144 Å². The summed E-state index contributed by atoms with van der Waals surface area (Å²) >= 11 is 0. The molecule has 2 heterocycles. The first-order valence-corrected chi connectivity index (χ1v) is 8.54. The van der Waals surface area contributed by atoms with Crippen LogP contribution in [0.3, 0.4) is 0 Å². The summed E-state index contributed by atoms with van der Waals surface area (Å²) in [5.41, 5.74) is 2.42. The number of rotatable bonds is 3. The Morgan fingerprint density at radius 3 is 2.96 bits per heavy atom. The minimum Gasteiger partial charge on any atom is -0.347 e. The Kier molecular flexibility index (Phi) is 3.74. The first-order chi connectivity index (χ1) is 12.0. The molecule has 4 rings (SSSR count). The number of fused-ring (bicyclic) bond motifs is 1. The number of H-pyrrole nitrogens is 1. The molecule has 1 aromatic carbocycles. The van der Waals surface area contributed by atoms with E-state index in [-0.39, 0.29) is 17.9 Å². The van der Waals surface area contributed by atoms with Gasteiger partial charge in [0, 0.05) is 12.0 Å². The Morgan fingerprint density at radius 2 is 2.24 bits per heavy atom. The van der Waals surface area contributed by atoms with Crippen molar-refractivity contribution in [1.82, 2.24) is 31.3 Å². The summed E-state index contributed by atoms with van der Waals surface area (Å²) in [6, 6.07) is 6.01. The van der Waals surface area contributed by atoms with E-state index in [4.69, 9.17) is 0 Å². The van der Waals surface area contributed by atoms with Crippen molar-refractivity contribution in [3.8, 4) is 11.4 Å². The zero-order chi connectivity index (χ0) is 17.4. The van der Waals surface area contributed by atoms with E-state index in [0.29, 0.717) is 18.7 Å². The van der Waals surface area contributed by atoms with E-state index in [1.165, 1.54) is 5.56 Å². The van der Waals surface area contributed by atoms with E-state index in [2.05, 4.69) is 37.3 Å². The second-order valence-corrected chi connectivity index (χ2v) is 6.95. The average molecular weight is 340 g/mol. The summed E-state index contributed by atoms with van der Waals surface area (Å²) in [5.74, 6) is 0.389.